The van der Waals surface area contributed by atoms with Crippen molar-refractivity contribution < 1.29 is 14.3 Å². The van der Waals surface area contributed by atoms with Crippen LogP contribution in [0.4, 0.5) is 0 Å². The first-order valence-corrected chi connectivity index (χ1v) is 7.33. The lowest BCUT2D eigenvalue weighted by atomic mass is 9.84. The molecule has 3 fully saturated rings. The van der Waals surface area contributed by atoms with E-state index in [1.165, 1.54) is 0 Å². The quantitative estimate of drug-likeness (QED) is 0.800. The lowest BCUT2D eigenvalue weighted by Gasteiger charge is -2.34. The smallest absolute Gasteiger partial charge is 0.232 e. The van der Waals surface area contributed by atoms with Crippen LogP contribution in [0.25, 0.3) is 0 Å². The molecule has 5 nitrogen and oxygen atoms in total. The van der Waals surface area contributed by atoms with Gasteiger partial charge in [-0.05, 0) is 26.2 Å². The molecule has 2 saturated heterocycles. The maximum absolute atomic E-state index is 12.9. The first kappa shape index (κ1) is 13.3. The summed E-state index contributed by atoms with van der Waals surface area (Å²) in [5.74, 6) is 0.679. The van der Waals surface area contributed by atoms with Gasteiger partial charge in [-0.2, -0.15) is 0 Å². The van der Waals surface area contributed by atoms with Crippen molar-refractivity contribution in [3.05, 3.63) is 0 Å². The molecule has 1 saturated carbocycles. The topological polar surface area (TPSA) is 64.8 Å². The second kappa shape index (κ2) is 5.04. The predicted octanol–water partition coefficient (Wildman–Crippen LogP) is 0.378. The number of hydrogen-bond donors (Lipinski definition) is 1. The molecule has 3 aliphatic rings. The van der Waals surface area contributed by atoms with Gasteiger partial charge < -0.3 is 20.1 Å². The molecule has 0 spiro atoms. The molecule has 2 N–H and O–H groups in total. The van der Waals surface area contributed by atoms with Gasteiger partial charge in [0.05, 0.1) is 25.2 Å². The molecule has 1 aliphatic carbocycles. The van der Waals surface area contributed by atoms with E-state index in [0.717, 1.165) is 39.0 Å². The van der Waals surface area contributed by atoms with Gasteiger partial charge in [0.1, 0.15) is 0 Å². The van der Waals surface area contributed by atoms with Gasteiger partial charge in [-0.25, -0.2) is 0 Å². The van der Waals surface area contributed by atoms with Crippen LogP contribution in [0.5, 0.6) is 0 Å². The molecule has 0 aromatic heterocycles. The highest BCUT2D eigenvalue weighted by Crippen LogP contribution is 2.36. The van der Waals surface area contributed by atoms with Crippen LogP contribution >= 0.6 is 0 Å². The van der Waals surface area contributed by atoms with E-state index in [2.05, 4.69) is 4.90 Å². The highest BCUT2D eigenvalue weighted by Gasteiger charge is 2.49. The average molecular weight is 268 g/mol. The number of nitrogens with two attached hydrogens (primary N) is 1. The van der Waals surface area contributed by atoms with Crippen LogP contribution in [0, 0.1) is 11.3 Å². The van der Waals surface area contributed by atoms with Crippen LogP contribution < -0.4 is 5.73 Å². The van der Waals surface area contributed by atoms with Gasteiger partial charge in [0.25, 0.3) is 0 Å². The molecule has 1 amide bonds. The molecule has 108 valence electrons. The molecule has 19 heavy (non-hydrogen) atoms. The lowest BCUT2D eigenvalue weighted by molar-refractivity contribution is -0.143. The van der Waals surface area contributed by atoms with Crippen molar-refractivity contribution in [1.82, 2.24) is 4.90 Å². The molecular weight excluding hydrogens is 244 g/mol. The van der Waals surface area contributed by atoms with Gasteiger partial charge in [0.2, 0.25) is 5.91 Å². The number of nitrogens with zero attached hydrogens (tertiary/aromatic N) is 1. The van der Waals surface area contributed by atoms with Gasteiger partial charge >= 0.3 is 0 Å². The van der Waals surface area contributed by atoms with Crippen LogP contribution in [0.1, 0.15) is 26.2 Å². The molecule has 5 heteroatoms. The summed E-state index contributed by atoms with van der Waals surface area (Å²) in [5.41, 5.74) is 5.54. The molecule has 2 heterocycles. The molecular formula is C14H24N2O3. The average Bonchev–Trinajstić information content (AvgIpc) is 3.00. The maximum atomic E-state index is 12.9. The zero-order valence-corrected chi connectivity index (χ0v) is 11.6. The Kier molecular flexibility index (Phi) is 3.53. The second-order valence-corrected chi connectivity index (χ2v) is 6.46. The number of amides is 1. The Morgan fingerprint density at radius 3 is 2.63 bits per heavy atom. The highest BCUT2D eigenvalue weighted by molar-refractivity contribution is 5.84. The standard InChI is InChI=1S/C14H24N2O3/c1-14(9-19-8-12(14)15)13(17)16(11-2-3-11)6-10-4-5-18-7-10/h10-12H,2-9,15H2,1H3. The van der Waals surface area contributed by atoms with Crippen molar-refractivity contribution in [2.24, 2.45) is 17.1 Å². The van der Waals surface area contributed by atoms with Crippen LogP contribution in [0.15, 0.2) is 0 Å². The second-order valence-electron chi connectivity index (χ2n) is 6.46. The van der Waals surface area contributed by atoms with E-state index in [4.69, 9.17) is 15.2 Å². The van der Waals surface area contributed by atoms with E-state index >= 15 is 0 Å². The van der Waals surface area contributed by atoms with Gasteiger partial charge in [0.15, 0.2) is 0 Å². The molecule has 0 radical (unpaired) electrons. The molecule has 2 aliphatic heterocycles. The highest BCUT2D eigenvalue weighted by atomic mass is 16.5. The summed E-state index contributed by atoms with van der Waals surface area (Å²) in [6.07, 6.45) is 3.33. The summed E-state index contributed by atoms with van der Waals surface area (Å²) in [6, 6.07) is 0.249. The Hall–Kier alpha value is -0.650. The number of carbonyl (C=O) groups excluding carboxylic acids is 1. The summed E-state index contributed by atoms with van der Waals surface area (Å²) < 4.78 is 10.8. The monoisotopic (exact) mass is 268 g/mol. The Labute approximate surface area is 114 Å². The number of rotatable bonds is 4. The van der Waals surface area contributed by atoms with E-state index in [1.807, 2.05) is 6.92 Å². The van der Waals surface area contributed by atoms with Crippen molar-refractivity contribution in [3.63, 3.8) is 0 Å². The number of ether oxygens (including phenoxy) is 2. The zero-order chi connectivity index (χ0) is 13.5. The molecule has 3 atom stereocenters. The zero-order valence-electron chi connectivity index (χ0n) is 11.6. The SMILES string of the molecule is CC1(C(=O)N(CC2CCOC2)C2CC2)COCC1N. The van der Waals surface area contributed by atoms with Gasteiger partial charge in [-0.15, -0.1) is 0 Å². The van der Waals surface area contributed by atoms with Crippen molar-refractivity contribution in [1.29, 1.82) is 0 Å². The third-order valence-electron chi connectivity index (χ3n) is 4.73. The first-order valence-electron chi connectivity index (χ1n) is 7.33. The van der Waals surface area contributed by atoms with E-state index in [0.29, 0.717) is 25.2 Å². The third-order valence-corrected chi connectivity index (χ3v) is 4.73. The van der Waals surface area contributed by atoms with Crippen LogP contribution in [-0.2, 0) is 14.3 Å². The predicted molar refractivity (Wildman–Crippen MR) is 70.6 cm³/mol. The Morgan fingerprint density at radius 2 is 2.11 bits per heavy atom. The Bertz CT molecular complexity index is 353. The summed E-state index contributed by atoms with van der Waals surface area (Å²) in [5, 5.41) is 0. The van der Waals surface area contributed by atoms with Crippen molar-refractivity contribution in [2.45, 2.75) is 38.3 Å². The fraction of sp³-hybridized carbons (Fsp3) is 0.929. The normalized spacial score (nSPS) is 38.6. The van der Waals surface area contributed by atoms with Crippen molar-refractivity contribution in [3.8, 4) is 0 Å². The van der Waals surface area contributed by atoms with Gasteiger partial charge in [-0.1, -0.05) is 0 Å². The fourth-order valence-electron chi connectivity index (χ4n) is 3.03. The summed E-state index contributed by atoms with van der Waals surface area (Å²) >= 11 is 0. The minimum atomic E-state index is -0.540. The maximum Gasteiger partial charge on any atom is 0.232 e. The van der Waals surface area contributed by atoms with Crippen molar-refractivity contribution >= 4 is 5.91 Å². The van der Waals surface area contributed by atoms with E-state index in [1.54, 1.807) is 0 Å². The largest absolute Gasteiger partial charge is 0.381 e. The molecule has 0 aromatic rings. The van der Waals surface area contributed by atoms with E-state index in [9.17, 15) is 4.79 Å². The molecule has 0 bridgehead atoms. The lowest BCUT2D eigenvalue weighted by Crippen LogP contribution is -2.53. The minimum absolute atomic E-state index is 0.180. The minimum Gasteiger partial charge on any atom is -0.381 e. The van der Waals surface area contributed by atoms with E-state index < -0.39 is 5.41 Å². The van der Waals surface area contributed by atoms with Crippen LogP contribution in [-0.4, -0.2) is 55.9 Å². The number of hydrogen-bond acceptors (Lipinski definition) is 4. The Balaban J connectivity index is 1.70. The van der Waals surface area contributed by atoms with Gasteiger partial charge in [-0.3, -0.25) is 4.79 Å². The van der Waals surface area contributed by atoms with Crippen LogP contribution in [0.2, 0.25) is 0 Å². The summed E-state index contributed by atoms with van der Waals surface area (Å²) in [7, 11) is 0. The summed E-state index contributed by atoms with van der Waals surface area (Å²) in [4.78, 5) is 14.9. The first-order chi connectivity index (χ1) is 9.11. The number of carbonyl (C=O) groups is 1. The Morgan fingerprint density at radius 1 is 1.32 bits per heavy atom. The van der Waals surface area contributed by atoms with Crippen LogP contribution in [0.3, 0.4) is 0 Å². The molecule has 3 unspecified atom stereocenters. The fourth-order valence-corrected chi connectivity index (χ4v) is 3.03. The van der Waals surface area contributed by atoms with Crippen molar-refractivity contribution in [2.75, 3.05) is 33.0 Å². The summed E-state index contributed by atoms with van der Waals surface area (Å²) in [6.45, 7) is 5.34. The molecule has 0 aromatic carbocycles. The third kappa shape index (κ3) is 2.51. The van der Waals surface area contributed by atoms with E-state index in [-0.39, 0.29) is 11.9 Å². The molecule has 3 rings (SSSR count). The van der Waals surface area contributed by atoms with Gasteiger partial charge in [0, 0.05) is 31.2 Å².